The van der Waals surface area contributed by atoms with Crippen LogP contribution in [0, 0.1) is 0 Å². The van der Waals surface area contributed by atoms with Gasteiger partial charge in [-0.25, -0.2) is 14.8 Å². The van der Waals surface area contributed by atoms with Gasteiger partial charge in [0.2, 0.25) is 0 Å². The third kappa shape index (κ3) is 3.89. The smallest absolute Gasteiger partial charge is 0.318 e. The zero-order chi connectivity index (χ0) is 16.9. The van der Waals surface area contributed by atoms with Gasteiger partial charge in [0, 0.05) is 31.0 Å². The summed E-state index contributed by atoms with van der Waals surface area (Å²) in [5, 5.41) is 3.05. The van der Waals surface area contributed by atoms with E-state index in [9.17, 15) is 4.79 Å². The molecule has 24 heavy (non-hydrogen) atoms. The van der Waals surface area contributed by atoms with E-state index in [1.807, 2.05) is 38.1 Å². The maximum absolute atomic E-state index is 12.4. The van der Waals surface area contributed by atoms with E-state index >= 15 is 0 Å². The van der Waals surface area contributed by atoms with E-state index in [1.54, 1.807) is 17.3 Å². The minimum absolute atomic E-state index is 0.0433. The van der Waals surface area contributed by atoms with E-state index in [0.717, 1.165) is 16.7 Å². The van der Waals surface area contributed by atoms with Crippen molar-refractivity contribution < 1.29 is 9.53 Å². The molecule has 2 heterocycles. The number of hydrogen-bond acceptors (Lipinski definition) is 4. The lowest BCUT2D eigenvalue weighted by atomic mass is 10.0. The molecular weight excluding hydrogens is 304 g/mol. The Morgan fingerprint density at radius 3 is 2.62 bits per heavy atom. The Bertz CT molecular complexity index is 675. The molecule has 0 radical (unpaired) electrons. The third-order valence-corrected chi connectivity index (χ3v) is 4.17. The maximum atomic E-state index is 12.4. The van der Waals surface area contributed by atoms with Crippen molar-refractivity contribution >= 4 is 6.03 Å². The predicted octanol–water partition coefficient (Wildman–Crippen LogP) is 2.63. The van der Waals surface area contributed by atoms with E-state index < -0.39 is 0 Å². The summed E-state index contributed by atoms with van der Waals surface area (Å²) in [5.74, 6) is 0. The first kappa shape index (κ1) is 16.4. The Balaban J connectivity index is 1.62. The number of ether oxygens (including phenoxy) is 1. The van der Waals surface area contributed by atoms with Crippen LogP contribution in [0.15, 0.2) is 43.0 Å². The molecule has 0 aliphatic carbocycles. The summed E-state index contributed by atoms with van der Waals surface area (Å²) >= 11 is 0. The first-order valence-corrected chi connectivity index (χ1v) is 8.16. The van der Waals surface area contributed by atoms with Crippen LogP contribution in [0.25, 0.3) is 11.1 Å². The highest BCUT2D eigenvalue weighted by Crippen LogP contribution is 2.21. The zero-order valence-electron chi connectivity index (χ0n) is 14.0. The third-order valence-electron chi connectivity index (χ3n) is 4.17. The number of nitrogens with one attached hydrogen (secondary N) is 1. The SMILES string of the molecule is C[C@@H]1CN(C(=O)N[C@H](C)c2ccc(-c3cncnc3)cc2)CCO1. The Labute approximate surface area is 141 Å². The van der Waals surface area contributed by atoms with Gasteiger partial charge in [-0.2, -0.15) is 0 Å². The van der Waals surface area contributed by atoms with Crippen molar-refractivity contribution in [3.63, 3.8) is 0 Å². The van der Waals surface area contributed by atoms with Crippen molar-refractivity contribution in [2.45, 2.75) is 26.0 Å². The number of carbonyl (C=O) groups is 1. The van der Waals surface area contributed by atoms with Gasteiger partial charge < -0.3 is 15.0 Å². The topological polar surface area (TPSA) is 67.4 Å². The monoisotopic (exact) mass is 326 g/mol. The molecule has 1 fully saturated rings. The fraction of sp³-hybridized carbons (Fsp3) is 0.389. The van der Waals surface area contributed by atoms with Crippen molar-refractivity contribution in [2.75, 3.05) is 19.7 Å². The Kier molecular flexibility index (Phi) is 5.05. The molecule has 0 saturated carbocycles. The molecule has 6 heteroatoms. The number of nitrogens with zero attached hydrogens (tertiary/aromatic N) is 3. The van der Waals surface area contributed by atoms with Crippen LogP contribution in [0.4, 0.5) is 4.79 Å². The molecule has 2 atom stereocenters. The molecule has 1 aliphatic heterocycles. The van der Waals surface area contributed by atoms with Crippen LogP contribution in [0.1, 0.15) is 25.5 Å². The fourth-order valence-electron chi connectivity index (χ4n) is 2.78. The van der Waals surface area contributed by atoms with Gasteiger partial charge in [-0.1, -0.05) is 24.3 Å². The Morgan fingerprint density at radius 2 is 1.96 bits per heavy atom. The highest BCUT2D eigenvalue weighted by atomic mass is 16.5. The second-order valence-corrected chi connectivity index (χ2v) is 6.05. The molecule has 126 valence electrons. The van der Waals surface area contributed by atoms with Crippen LogP contribution in [0.2, 0.25) is 0 Å². The number of benzene rings is 1. The average Bonchev–Trinajstić information content (AvgIpc) is 2.62. The van der Waals surface area contributed by atoms with Gasteiger partial charge >= 0.3 is 6.03 Å². The van der Waals surface area contributed by atoms with Crippen molar-refractivity contribution in [2.24, 2.45) is 0 Å². The summed E-state index contributed by atoms with van der Waals surface area (Å²) in [6.45, 7) is 5.83. The van der Waals surface area contributed by atoms with Crippen LogP contribution in [0.3, 0.4) is 0 Å². The van der Waals surface area contributed by atoms with Crippen molar-refractivity contribution in [1.29, 1.82) is 0 Å². The summed E-state index contributed by atoms with van der Waals surface area (Å²) < 4.78 is 5.47. The summed E-state index contributed by atoms with van der Waals surface area (Å²) in [7, 11) is 0. The molecule has 0 bridgehead atoms. The molecule has 0 unspecified atom stereocenters. The van der Waals surface area contributed by atoms with Crippen LogP contribution in [0.5, 0.6) is 0 Å². The minimum Gasteiger partial charge on any atom is -0.375 e. The number of morpholine rings is 1. The molecule has 1 aromatic carbocycles. The minimum atomic E-state index is -0.0586. The van der Waals surface area contributed by atoms with Crippen LogP contribution in [-0.2, 0) is 4.74 Å². The lowest BCUT2D eigenvalue weighted by molar-refractivity contribution is -0.00380. The van der Waals surface area contributed by atoms with Crippen LogP contribution >= 0.6 is 0 Å². The molecule has 1 aliphatic rings. The van der Waals surface area contributed by atoms with E-state index in [1.165, 1.54) is 6.33 Å². The van der Waals surface area contributed by atoms with Gasteiger partial charge in [0.05, 0.1) is 18.8 Å². The number of urea groups is 1. The van der Waals surface area contributed by atoms with Gasteiger partial charge in [-0.15, -0.1) is 0 Å². The molecule has 6 nitrogen and oxygen atoms in total. The number of amides is 2. The van der Waals surface area contributed by atoms with Gasteiger partial charge in [0.25, 0.3) is 0 Å². The molecule has 2 aromatic rings. The fourth-order valence-corrected chi connectivity index (χ4v) is 2.78. The van der Waals surface area contributed by atoms with Crippen molar-refractivity contribution in [3.05, 3.63) is 48.5 Å². The summed E-state index contributed by atoms with van der Waals surface area (Å²) in [4.78, 5) is 22.2. The quantitative estimate of drug-likeness (QED) is 0.941. The first-order chi connectivity index (χ1) is 11.6. The molecule has 1 aromatic heterocycles. The van der Waals surface area contributed by atoms with E-state index in [0.29, 0.717) is 19.7 Å². The van der Waals surface area contributed by atoms with E-state index in [4.69, 9.17) is 4.74 Å². The highest BCUT2D eigenvalue weighted by Gasteiger charge is 2.22. The Hall–Kier alpha value is -2.47. The average molecular weight is 326 g/mol. The molecule has 1 N–H and O–H groups in total. The molecule has 0 spiro atoms. The standard InChI is InChI=1S/C18H22N4O2/c1-13-11-22(7-8-24-13)18(23)21-14(2)15-3-5-16(6-4-15)17-9-19-12-20-10-17/h3-6,9-10,12-14H,7-8,11H2,1-2H3,(H,21,23)/t13-,14-/m1/s1. The summed E-state index contributed by atoms with van der Waals surface area (Å²) in [5.41, 5.74) is 3.09. The largest absolute Gasteiger partial charge is 0.375 e. The predicted molar refractivity (Wildman–Crippen MR) is 91.4 cm³/mol. The summed E-state index contributed by atoms with van der Waals surface area (Å²) in [6.07, 6.45) is 5.17. The molecule has 1 saturated heterocycles. The van der Waals surface area contributed by atoms with Crippen molar-refractivity contribution in [1.82, 2.24) is 20.2 Å². The van der Waals surface area contributed by atoms with Gasteiger partial charge in [0.1, 0.15) is 6.33 Å². The summed E-state index contributed by atoms with van der Waals surface area (Å²) in [6, 6.07) is 7.99. The van der Waals surface area contributed by atoms with Gasteiger partial charge in [-0.3, -0.25) is 0 Å². The lowest BCUT2D eigenvalue weighted by Crippen LogP contribution is -2.49. The van der Waals surface area contributed by atoms with Crippen LogP contribution < -0.4 is 5.32 Å². The number of carbonyl (C=O) groups excluding carboxylic acids is 1. The Morgan fingerprint density at radius 1 is 1.25 bits per heavy atom. The van der Waals surface area contributed by atoms with E-state index in [2.05, 4.69) is 15.3 Å². The zero-order valence-corrected chi connectivity index (χ0v) is 14.0. The molecule has 3 rings (SSSR count). The van der Waals surface area contributed by atoms with Gasteiger partial charge in [0.15, 0.2) is 0 Å². The van der Waals surface area contributed by atoms with Gasteiger partial charge in [-0.05, 0) is 25.0 Å². The second kappa shape index (κ2) is 7.40. The first-order valence-electron chi connectivity index (χ1n) is 8.16. The number of hydrogen-bond donors (Lipinski definition) is 1. The number of aromatic nitrogens is 2. The van der Waals surface area contributed by atoms with Crippen LogP contribution in [-0.4, -0.2) is 46.7 Å². The highest BCUT2D eigenvalue weighted by molar-refractivity contribution is 5.75. The molecule has 2 amide bonds. The van der Waals surface area contributed by atoms with Crippen molar-refractivity contribution in [3.8, 4) is 11.1 Å². The normalized spacial score (nSPS) is 18.9. The molecular formula is C18H22N4O2. The van der Waals surface area contributed by atoms with E-state index in [-0.39, 0.29) is 18.2 Å². The second-order valence-electron chi connectivity index (χ2n) is 6.05. The lowest BCUT2D eigenvalue weighted by Gasteiger charge is -2.32. The number of rotatable bonds is 3. The maximum Gasteiger partial charge on any atom is 0.318 e.